The summed E-state index contributed by atoms with van der Waals surface area (Å²) in [4.78, 5) is 4.71. The lowest BCUT2D eigenvalue weighted by Crippen LogP contribution is -2.11. The first-order valence-electron chi connectivity index (χ1n) is 9.19. The van der Waals surface area contributed by atoms with Crippen LogP contribution in [0.4, 0.5) is 4.39 Å². The molecule has 4 rings (SSSR count). The predicted octanol–water partition coefficient (Wildman–Crippen LogP) is 4.93. The van der Waals surface area contributed by atoms with E-state index in [1.54, 1.807) is 19.2 Å². The number of benzene rings is 2. The molecule has 5 heteroatoms. The van der Waals surface area contributed by atoms with Crippen LogP contribution in [0.2, 0.25) is 0 Å². The Hall–Kier alpha value is -3.39. The van der Waals surface area contributed by atoms with Crippen molar-refractivity contribution in [3.8, 4) is 40.1 Å². The Labute approximate surface area is 163 Å². The van der Waals surface area contributed by atoms with Gasteiger partial charge in [0.05, 0.1) is 19.4 Å². The lowest BCUT2D eigenvalue weighted by atomic mass is 9.83. The second-order valence-corrected chi connectivity index (χ2v) is 6.57. The predicted molar refractivity (Wildman–Crippen MR) is 105 cm³/mol. The highest BCUT2D eigenvalue weighted by Crippen LogP contribution is 2.43. The van der Waals surface area contributed by atoms with Crippen molar-refractivity contribution in [2.24, 2.45) is 0 Å². The molecule has 2 aromatic carbocycles. The molecule has 0 fully saturated rings. The van der Waals surface area contributed by atoms with Gasteiger partial charge in [-0.15, -0.1) is 0 Å². The highest BCUT2D eigenvalue weighted by molar-refractivity contribution is 5.84. The summed E-state index contributed by atoms with van der Waals surface area (Å²) in [6, 6.07) is 14.4. The van der Waals surface area contributed by atoms with Gasteiger partial charge >= 0.3 is 0 Å². The summed E-state index contributed by atoms with van der Waals surface area (Å²) in [7, 11) is 1.65. The summed E-state index contributed by atoms with van der Waals surface area (Å²) in [5.74, 6) is 0.805. The molecule has 0 amide bonds. The fourth-order valence-electron chi connectivity index (χ4n) is 3.74. The van der Waals surface area contributed by atoms with E-state index in [0.717, 1.165) is 52.1 Å². The standard InChI is InChI=1S/C23H19FN2O2/c1-3-28-23-20(13-25)21(14-4-7-16(24)8-5-14)19-10-6-15-12-17(27-2)9-11-18(15)22(19)26-23/h4-5,7-9,11-12H,3,6,10H2,1-2H3. The Balaban J connectivity index is 2.02. The van der Waals surface area contributed by atoms with E-state index < -0.39 is 0 Å². The molecule has 4 nitrogen and oxygen atoms in total. The van der Waals surface area contributed by atoms with E-state index >= 15 is 0 Å². The third kappa shape index (κ3) is 2.97. The average Bonchev–Trinajstić information content (AvgIpc) is 2.73. The third-order valence-corrected chi connectivity index (χ3v) is 5.00. The zero-order valence-corrected chi connectivity index (χ0v) is 15.8. The molecule has 0 atom stereocenters. The van der Waals surface area contributed by atoms with Gasteiger partial charge in [0, 0.05) is 11.1 Å². The van der Waals surface area contributed by atoms with Crippen LogP contribution in [0.5, 0.6) is 11.6 Å². The molecule has 0 radical (unpaired) electrons. The molecule has 0 unspecified atom stereocenters. The van der Waals surface area contributed by atoms with E-state index in [0.29, 0.717) is 18.1 Å². The number of hydrogen-bond acceptors (Lipinski definition) is 4. The highest BCUT2D eigenvalue weighted by atomic mass is 19.1. The Morgan fingerprint density at radius 1 is 1.14 bits per heavy atom. The number of methoxy groups -OCH3 is 1. The first-order valence-corrected chi connectivity index (χ1v) is 9.19. The molecule has 1 aliphatic carbocycles. The lowest BCUT2D eigenvalue weighted by molar-refractivity contribution is 0.326. The Bertz CT molecular complexity index is 1090. The van der Waals surface area contributed by atoms with Crippen molar-refractivity contribution in [3.05, 3.63) is 65.0 Å². The largest absolute Gasteiger partial charge is 0.497 e. The minimum Gasteiger partial charge on any atom is -0.497 e. The molecule has 1 heterocycles. The summed E-state index contributed by atoms with van der Waals surface area (Å²) in [6.45, 7) is 2.26. The summed E-state index contributed by atoms with van der Waals surface area (Å²) in [6.07, 6.45) is 1.55. The molecule has 0 bridgehead atoms. The van der Waals surface area contributed by atoms with Crippen LogP contribution in [0.3, 0.4) is 0 Å². The van der Waals surface area contributed by atoms with Crippen molar-refractivity contribution < 1.29 is 13.9 Å². The first-order chi connectivity index (χ1) is 13.7. The Morgan fingerprint density at radius 2 is 1.93 bits per heavy atom. The maximum Gasteiger partial charge on any atom is 0.232 e. The number of rotatable bonds is 4. The first kappa shape index (κ1) is 18.0. The lowest BCUT2D eigenvalue weighted by Gasteiger charge is -2.24. The minimum absolute atomic E-state index is 0.312. The van der Waals surface area contributed by atoms with Crippen LogP contribution in [0.15, 0.2) is 42.5 Å². The van der Waals surface area contributed by atoms with Gasteiger partial charge in [0.25, 0.3) is 0 Å². The van der Waals surface area contributed by atoms with Crippen LogP contribution in [-0.2, 0) is 12.8 Å². The number of nitriles is 1. The molecule has 28 heavy (non-hydrogen) atoms. The van der Waals surface area contributed by atoms with Crippen LogP contribution in [0.25, 0.3) is 22.4 Å². The van der Waals surface area contributed by atoms with Crippen LogP contribution in [-0.4, -0.2) is 18.7 Å². The van der Waals surface area contributed by atoms with Crippen molar-refractivity contribution in [2.75, 3.05) is 13.7 Å². The number of pyridine rings is 1. The third-order valence-electron chi connectivity index (χ3n) is 5.00. The number of halogens is 1. The van der Waals surface area contributed by atoms with E-state index in [-0.39, 0.29) is 5.82 Å². The van der Waals surface area contributed by atoms with Crippen molar-refractivity contribution in [1.82, 2.24) is 4.98 Å². The number of fused-ring (bicyclic) bond motifs is 3. The number of aromatic nitrogens is 1. The van der Waals surface area contributed by atoms with Crippen LogP contribution < -0.4 is 9.47 Å². The van der Waals surface area contributed by atoms with E-state index in [9.17, 15) is 9.65 Å². The van der Waals surface area contributed by atoms with E-state index in [2.05, 4.69) is 6.07 Å². The molecule has 0 saturated heterocycles. The zero-order chi connectivity index (χ0) is 19.7. The molecule has 0 saturated carbocycles. The fourth-order valence-corrected chi connectivity index (χ4v) is 3.74. The molecule has 140 valence electrons. The Morgan fingerprint density at radius 3 is 2.61 bits per heavy atom. The van der Waals surface area contributed by atoms with Crippen LogP contribution in [0.1, 0.15) is 23.6 Å². The topological polar surface area (TPSA) is 55.1 Å². The van der Waals surface area contributed by atoms with Crippen molar-refractivity contribution >= 4 is 0 Å². The number of ether oxygens (including phenoxy) is 2. The summed E-state index contributed by atoms with van der Waals surface area (Å²) in [5.41, 5.74) is 5.92. The number of hydrogen-bond donors (Lipinski definition) is 0. The van der Waals surface area contributed by atoms with Crippen LogP contribution in [0, 0.1) is 17.1 Å². The number of nitrogens with zero attached hydrogens (tertiary/aromatic N) is 2. The normalized spacial score (nSPS) is 11.9. The van der Waals surface area contributed by atoms with E-state index in [1.165, 1.54) is 12.1 Å². The highest BCUT2D eigenvalue weighted by Gasteiger charge is 2.27. The second-order valence-electron chi connectivity index (χ2n) is 6.57. The molecule has 1 aliphatic rings. The second kappa shape index (κ2) is 7.32. The van der Waals surface area contributed by atoms with Crippen LogP contribution >= 0.6 is 0 Å². The smallest absolute Gasteiger partial charge is 0.232 e. The van der Waals surface area contributed by atoms with Gasteiger partial charge in [-0.25, -0.2) is 9.37 Å². The molecule has 0 spiro atoms. The maximum absolute atomic E-state index is 13.5. The van der Waals surface area contributed by atoms with Gasteiger partial charge < -0.3 is 9.47 Å². The van der Waals surface area contributed by atoms with Gasteiger partial charge in [-0.2, -0.15) is 5.26 Å². The molecular formula is C23H19FN2O2. The Kier molecular flexibility index (Phi) is 4.70. The van der Waals surface area contributed by atoms with Gasteiger partial charge in [-0.1, -0.05) is 12.1 Å². The van der Waals surface area contributed by atoms with Gasteiger partial charge in [-0.05, 0) is 66.8 Å². The SMILES string of the molecule is CCOc1nc2c(c(-c3ccc(F)cc3)c1C#N)CCc1cc(OC)ccc1-2. The van der Waals surface area contributed by atoms with Gasteiger partial charge in [0.2, 0.25) is 5.88 Å². The maximum atomic E-state index is 13.5. The monoisotopic (exact) mass is 374 g/mol. The quantitative estimate of drug-likeness (QED) is 0.650. The molecular weight excluding hydrogens is 355 g/mol. The van der Waals surface area contributed by atoms with Crippen molar-refractivity contribution in [3.63, 3.8) is 0 Å². The molecule has 0 aliphatic heterocycles. The van der Waals surface area contributed by atoms with Crippen molar-refractivity contribution in [2.45, 2.75) is 19.8 Å². The van der Waals surface area contributed by atoms with E-state index in [4.69, 9.17) is 14.5 Å². The average molecular weight is 374 g/mol. The fraction of sp³-hybridized carbons (Fsp3) is 0.217. The molecule has 3 aromatic rings. The van der Waals surface area contributed by atoms with Gasteiger partial charge in [0.1, 0.15) is 23.2 Å². The van der Waals surface area contributed by atoms with E-state index in [1.807, 2.05) is 25.1 Å². The molecule has 1 aromatic heterocycles. The van der Waals surface area contributed by atoms with Crippen molar-refractivity contribution in [1.29, 1.82) is 5.26 Å². The molecule has 0 N–H and O–H groups in total. The summed E-state index contributed by atoms with van der Waals surface area (Å²) < 4.78 is 24.5. The summed E-state index contributed by atoms with van der Waals surface area (Å²) in [5, 5.41) is 9.85. The zero-order valence-electron chi connectivity index (χ0n) is 15.8. The van der Waals surface area contributed by atoms with Gasteiger partial charge in [-0.3, -0.25) is 0 Å². The van der Waals surface area contributed by atoms with Gasteiger partial charge in [0.15, 0.2) is 0 Å². The minimum atomic E-state index is -0.312. The summed E-state index contributed by atoms with van der Waals surface area (Å²) >= 11 is 0. The number of aryl methyl sites for hydroxylation is 1.